The molecule has 0 aliphatic heterocycles. The highest BCUT2D eigenvalue weighted by Crippen LogP contribution is 2.52. The first-order valence-electron chi connectivity index (χ1n) is 12.2. The number of hydrogen-bond donors (Lipinski definition) is 0. The number of rotatable bonds is 3. The minimum Gasteiger partial charge on any atom is -0.296 e. The molecule has 36 heavy (non-hydrogen) atoms. The van der Waals surface area contributed by atoms with Crippen LogP contribution in [0, 0.1) is 0 Å². The number of pyridine rings is 1. The predicted octanol–water partition coefficient (Wildman–Crippen LogP) is 7.46. The highest BCUT2D eigenvalue weighted by molar-refractivity contribution is 6.03. The van der Waals surface area contributed by atoms with Gasteiger partial charge in [-0.1, -0.05) is 84.9 Å². The standard InChI is InChI=1S/C32H24N4/c1-32(2)29-24(17-11-19-33-29)28-23-16-9-10-18-26(23)36(30(28)32)27-20-25(21-12-5-3-6-13-21)34-31(35-27)22-14-7-4-8-15-22/h3-20H,1-2H3. The Labute approximate surface area is 210 Å². The van der Waals surface area contributed by atoms with Crippen LogP contribution >= 0.6 is 0 Å². The van der Waals surface area contributed by atoms with Crippen LogP contribution in [0.15, 0.2) is 109 Å². The molecule has 0 saturated heterocycles. The summed E-state index contributed by atoms with van der Waals surface area (Å²) in [5, 5.41) is 1.22. The van der Waals surface area contributed by atoms with Gasteiger partial charge in [0.2, 0.25) is 0 Å². The first-order chi connectivity index (χ1) is 17.6. The predicted molar refractivity (Wildman–Crippen MR) is 145 cm³/mol. The van der Waals surface area contributed by atoms with Crippen molar-refractivity contribution in [1.82, 2.24) is 19.5 Å². The third kappa shape index (κ3) is 2.97. The summed E-state index contributed by atoms with van der Waals surface area (Å²) in [6, 6.07) is 35.5. The van der Waals surface area contributed by atoms with Crippen LogP contribution in [0.1, 0.15) is 25.2 Å². The van der Waals surface area contributed by atoms with Gasteiger partial charge in [-0.05, 0) is 26.0 Å². The summed E-state index contributed by atoms with van der Waals surface area (Å²) < 4.78 is 2.33. The van der Waals surface area contributed by atoms with Crippen LogP contribution in [0.5, 0.6) is 0 Å². The van der Waals surface area contributed by atoms with E-state index in [9.17, 15) is 0 Å². The Hall–Kier alpha value is -4.57. The number of hydrogen-bond acceptors (Lipinski definition) is 3. The van der Waals surface area contributed by atoms with Crippen molar-refractivity contribution < 1.29 is 0 Å². The van der Waals surface area contributed by atoms with Crippen LogP contribution < -0.4 is 0 Å². The molecule has 0 spiro atoms. The van der Waals surface area contributed by atoms with E-state index >= 15 is 0 Å². The van der Waals surface area contributed by atoms with Crippen molar-refractivity contribution in [2.45, 2.75) is 19.3 Å². The van der Waals surface area contributed by atoms with Gasteiger partial charge in [0.15, 0.2) is 5.82 Å². The number of aromatic nitrogens is 4. The van der Waals surface area contributed by atoms with Crippen LogP contribution in [-0.4, -0.2) is 19.5 Å². The van der Waals surface area contributed by atoms with Gasteiger partial charge in [-0.2, -0.15) is 0 Å². The maximum Gasteiger partial charge on any atom is 0.162 e. The van der Waals surface area contributed by atoms with E-state index in [4.69, 9.17) is 15.0 Å². The molecule has 7 rings (SSSR count). The second kappa shape index (κ2) is 7.72. The SMILES string of the molecule is CC1(C)c2ncccc2-c2c1n(-c1cc(-c3ccccc3)nc(-c3ccccc3)n1)c1ccccc21. The molecule has 1 aliphatic rings. The average molecular weight is 465 g/mol. The Morgan fingerprint density at radius 2 is 1.39 bits per heavy atom. The lowest BCUT2D eigenvalue weighted by atomic mass is 9.89. The molecule has 3 aromatic carbocycles. The Bertz CT molecular complexity index is 1690. The second-order valence-corrected chi connectivity index (χ2v) is 9.77. The van der Waals surface area contributed by atoms with Crippen molar-refractivity contribution in [2.75, 3.05) is 0 Å². The van der Waals surface area contributed by atoms with Gasteiger partial charge in [-0.15, -0.1) is 0 Å². The molecule has 0 saturated carbocycles. The number of fused-ring (bicyclic) bond motifs is 5. The molecule has 4 heteroatoms. The topological polar surface area (TPSA) is 43.6 Å². The smallest absolute Gasteiger partial charge is 0.162 e. The molecule has 0 bridgehead atoms. The molecular weight excluding hydrogens is 440 g/mol. The summed E-state index contributed by atoms with van der Waals surface area (Å²) in [7, 11) is 0. The van der Waals surface area contributed by atoms with Crippen molar-refractivity contribution in [1.29, 1.82) is 0 Å². The Morgan fingerprint density at radius 1 is 0.694 bits per heavy atom. The van der Waals surface area contributed by atoms with Crippen LogP contribution in [0.3, 0.4) is 0 Å². The molecule has 172 valence electrons. The molecule has 1 aliphatic carbocycles. The van der Waals surface area contributed by atoms with Crippen molar-refractivity contribution in [3.8, 4) is 39.6 Å². The Balaban J connectivity index is 1.58. The van der Waals surface area contributed by atoms with Crippen LogP contribution in [0.2, 0.25) is 0 Å². The largest absolute Gasteiger partial charge is 0.296 e. The minimum atomic E-state index is -0.282. The monoisotopic (exact) mass is 464 g/mol. The van der Waals surface area contributed by atoms with E-state index in [-0.39, 0.29) is 5.41 Å². The van der Waals surface area contributed by atoms with Gasteiger partial charge in [0.25, 0.3) is 0 Å². The molecule has 3 aromatic heterocycles. The van der Waals surface area contributed by atoms with Gasteiger partial charge in [-0.25, -0.2) is 9.97 Å². The number of nitrogens with zero attached hydrogens (tertiary/aromatic N) is 4. The van der Waals surface area contributed by atoms with Crippen LogP contribution in [-0.2, 0) is 5.41 Å². The maximum atomic E-state index is 5.16. The highest BCUT2D eigenvalue weighted by Gasteiger charge is 2.42. The summed E-state index contributed by atoms with van der Waals surface area (Å²) in [5.74, 6) is 1.57. The fourth-order valence-corrected chi connectivity index (χ4v) is 5.58. The molecule has 0 N–H and O–H groups in total. The van der Waals surface area contributed by atoms with Crippen molar-refractivity contribution in [2.24, 2.45) is 0 Å². The summed E-state index contributed by atoms with van der Waals surface area (Å²) >= 11 is 0. The zero-order valence-electron chi connectivity index (χ0n) is 20.2. The first kappa shape index (κ1) is 20.8. The lowest BCUT2D eigenvalue weighted by Gasteiger charge is -2.23. The van der Waals surface area contributed by atoms with Crippen molar-refractivity contribution >= 4 is 10.9 Å². The van der Waals surface area contributed by atoms with E-state index in [0.717, 1.165) is 33.8 Å². The molecule has 0 amide bonds. The Morgan fingerprint density at radius 3 is 2.17 bits per heavy atom. The van der Waals surface area contributed by atoms with Crippen LogP contribution in [0.25, 0.3) is 50.5 Å². The van der Waals surface area contributed by atoms with E-state index in [1.165, 1.54) is 22.2 Å². The molecule has 0 fully saturated rings. The zero-order chi connectivity index (χ0) is 24.3. The van der Waals surface area contributed by atoms with Gasteiger partial charge in [-0.3, -0.25) is 9.55 Å². The fourth-order valence-electron chi connectivity index (χ4n) is 5.58. The third-order valence-corrected chi connectivity index (χ3v) is 7.18. The highest BCUT2D eigenvalue weighted by atomic mass is 15.1. The van der Waals surface area contributed by atoms with E-state index < -0.39 is 0 Å². The minimum absolute atomic E-state index is 0.282. The lowest BCUT2D eigenvalue weighted by molar-refractivity contribution is 0.602. The normalized spacial score (nSPS) is 13.5. The van der Waals surface area contributed by atoms with Gasteiger partial charge >= 0.3 is 0 Å². The van der Waals surface area contributed by atoms with E-state index in [2.05, 4.69) is 79.1 Å². The van der Waals surface area contributed by atoms with Crippen LogP contribution in [0.4, 0.5) is 0 Å². The fraction of sp³-hybridized carbons (Fsp3) is 0.0938. The van der Waals surface area contributed by atoms with E-state index in [1.54, 1.807) is 0 Å². The molecule has 0 unspecified atom stereocenters. The average Bonchev–Trinajstić information content (AvgIpc) is 3.40. The summed E-state index contributed by atoms with van der Waals surface area (Å²) in [6.45, 7) is 4.52. The summed E-state index contributed by atoms with van der Waals surface area (Å²) in [4.78, 5) is 15.0. The summed E-state index contributed by atoms with van der Waals surface area (Å²) in [5.41, 5.74) is 8.59. The first-order valence-corrected chi connectivity index (χ1v) is 12.2. The van der Waals surface area contributed by atoms with Gasteiger partial charge in [0, 0.05) is 51.0 Å². The van der Waals surface area contributed by atoms with Gasteiger partial charge in [0.1, 0.15) is 5.82 Å². The van der Waals surface area contributed by atoms with Crippen molar-refractivity contribution in [3.63, 3.8) is 0 Å². The van der Waals surface area contributed by atoms with Gasteiger partial charge < -0.3 is 0 Å². The van der Waals surface area contributed by atoms with E-state index in [0.29, 0.717) is 5.82 Å². The van der Waals surface area contributed by atoms with Gasteiger partial charge in [0.05, 0.1) is 16.9 Å². The molecule has 0 atom stereocenters. The molecule has 3 heterocycles. The zero-order valence-corrected chi connectivity index (χ0v) is 20.2. The van der Waals surface area contributed by atoms with Crippen molar-refractivity contribution in [3.05, 3.63) is 121 Å². The third-order valence-electron chi connectivity index (χ3n) is 7.18. The maximum absolute atomic E-state index is 5.16. The lowest BCUT2D eigenvalue weighted by Crippen LogP contribution is -2.21. The molecular formula is C32H24N4. The molecule has 0 radical (unpaired) electrons. The molecule has 6 aromatic rings. The number of para-hydroxylation sites is 1. The quantitative estimate of drug-likeness (QED) is 0.273. The summed E-state index contributed by atoms with van der Waals surface area (Å²) in [6.07, 6.45) is 1.89. The number of benzene rings is 3. The molecule has 4 nitrogen and oxygen atoms in total. The van der Waals surface area contributed by atoms with E-state index in [1.807, 2.05) is 48.7 Å². The second-order valence-electron chi connectivity index (χ2n) is 9.77. The Kier molecular flexibility index (Phi) is 4.45.